The number of hydrogen-bond acceptors (Lipinski definition) is 5. The van der Waals surface area contributed by atoms with Gasteiger partial charge in [-0.2, -0.15) is 0 Å². The lowest BCUT2D eigenvalue weighted by Crippen LogP contribution is -2.18. The summed E-state index contributed by atoms with van der Waals surface area (Å²) >= 11 is 0. The van der Waals surface area contributed by atoms with Crippen LogP contribution in [0.15, 0.2) is 11.1 Å². The van der Waals surface area contributed by atoms with E-state index in [-0.39, 0.29) is 5.57 Å². The first-order chi connectivity index (χ1) is 6.36. The average molecular weight is 202 g/mol. The normalized spacial score (nSPS) is 8.79. The van der Waals surface area contributed by atoms with Crippen LogP contribution in [0.5, 0.6) is 0 Å². The van der Waals surface area contributed by atoms with Crippen LogP contribution in [-0.4, -0.2) is 23.0 Å². The molecule has 78 valence electrons. The molecule has 0 aliphatic rings. The van der Waals surface area contributed by atoms with Crippen molar-refractivity contribution in [2.45, 2.75) is 20.8 Å². The van der Waals surface area contributed by atoms with Gasteiger partial charge in [-0.05, 0) is 13.8 Å². The fourth-order valence-corrected chi connectivity index (χ4v) is 0.643. The second kappa shape index (κ2) is 5.00. The number of carbonyl (C=O) groups is 3. The molecule has 0 atom stereocenters. The number of carboxylic acid groups (broad SMARTS) is 1. The molecule has 14 heavy (non-hydrogen) atoms. The molecule has 0 spiro atoms. The van der Waals surface area contributed by atoms with Crippen molar-refractivity contribution in [3.63, 3.8) is 0 Å². The van der Waals surface area contributed by atoms with Crippen LogP contribution in [-0.2, 0) is 24.2 Å². The van der Waals surface area contributed by atoms with Crippen LogP contribution < -0.4 is 0 Å². The van der Waals surface area contributed by atoms with Crippen molar-refractivity contribution in [3.05, 3.63) is 11.1 Å². The summed E-state index contributed by atoms with van der Waals surface area (Å²) < 4.78 is 0. The molecule has 0 fully saturated rings. The van der Waals surface area contributed by atoms with Crippen LogP contribution in [0.1, 0.15) is 20.8 Å². The fourth-order valence-electron chi connectivity index (χ4n) is 0.643. The van der Waals surface area contributed by atoms with Crippen LogP contribution in [0, 0.1) is 0 Å². The van der Waals surface area contributed by atoms with Crippen molar-refractivity contribution in [1.82, 2.24) is 0 Å². The molecule has 1 N–H and O–H groups in total. The lowest BCUT2D eigenvalue weighted by Gasteiger charge is -2.02. The SMILES string of the molecule is CC(=O)OOC(=O)C(C(=O)O)=C(C)C. The second-order valence-corrected chi connectivity index (χ2v) is 2.63. The Labute approximate surface area is 80.0 Å². The molecule has 0 saturated heterocycles. The first-order valence-electron chi connectivity index (χ1n) is 3.66. The maximum atomic E-state index is 11.0. The Kier molecular flexibility index (Phi) is 4.34. The number of carbonyl (C=O) groups excluding carboxylic acids is 2. The van der Waals surface area contributed by atoms with Gasteiger partial charge in [0, 0.05) is 6.92 Å². The summed E-state index contributed by atoms with van der Waals surface area (Å²) in [4.78, 5) is 39.6. The minimum Gasteiger partial charge on any atom is -0.477 e. The van der Waals surface area contributed by atoms with Crippen molar-refractivity contribution in [2.24, 2.45) is 0 Å². The first kappa shape index (κ1) is 12.2. The van der Waals surface area contributed by atoms with Gasteiger partial charge in [0.2, 0.25) is 0 Å². The zero-order valence-electron chi connectivity index (χ0n) is 7.99. The summed E-state index contributed by atoms with van der Waals surface area (Å²) in [7, 11) is 0. The van der Waals surface area contributed by atoms with E-state index >= 15 is 0 Å². The molecule has 6 heteroatoms. The summed E-state index contributed by atoms with van der Waals surface area (Å²) in [5.41, 5.74) is -0.291. The predicted octanol–water partition coefficient (Wildman–Crippen LogP) is 0.429. The van der Waals surface area contributed by atoms with Gasteiger partial charge in [-0.3, -0.25) is 0 Å². The van der Waals surface area contributed by atoms with E-state index in [1.54, 1.807) is 0 Å². The Bertz CT molecular complexity index is 297. The third-order valence-corrected chi connectivity index (χ3v) is 1.15. The monoisotopic (exact) mass is 202 g/mol. The summed E-state index contributed by atoms with van der Waals surface area (Å²) in [6.45, 7) is 3.88. The summed E-state index contributed by atoms with van der Waals surface area (Å²) in [5, 5.41) is 8.58. The molecule has 0 aromatic heterocycles. The van der Waals surface area contributed by atoms with Crippen LogP contribution in [0.2, 0.25) is 0 Å². The Morgan fingerprint density at radius 2 is 1.50 bits per heavy atom. The molecule has 0 radical (unpaired) electrons. The molecular weight excluding hydrogens is 192 g/mol. The van der Waals surface area contributed by atoms with Gasteiger partial charge in [-0.25, -0.2) is 24.2 Å². The maximum absolute atomic E-state index is 11.0. The molecule has 0 aliphatic heterocycles. The van der Waals surface area contributed by atoms with Crippen LogP contribution in [0.4, 0.5) is 0 Å². The van der Waals surface area contributed by atoms with Gasteiger partial charge in [0.05, 0.1) is 0 Å². The quantitative estimate of drug-likeness (QED) is 0.229. The number of aliphatic carboxylic acids is 1. The van der Waals surface area contributed by atoms with Crippen LogP contribution >= 0.6 is 0 Å². The molecule has 0 saturated carbocycles. The summed E-state index contributed by atoms with van der Waals surface area (Å²) in [5.74, 6) is -3.47. The third kappa shape index (κ3) is 3.70. The zero-order valence-corrected chi connectivity index (χ0v) is 7.99. The Balaban J connectivity index is 4.57. The third-order valence-electron chi connectivity index (χ3n) is 1.15. The smallest absolute Gasteiger partial charge is 0.393 e. The summed E-state index contributed by atoms with van der Waals surface area (Å²) in [6.07, 6.45) is 0. The zero-order chi connectivity index (χ0) is 11.3. The van der Waals surface area contributed by atoms with E-state index in [9.17, 15) is 14.4 Å². The van der Waals surface area contributed by atoms with Gasteiger partial charge in [-0.1, -0.05) is 5.57 Å². The van der Waals surface area contributed by atoms with Gasteiger partial charge in [-0.15, -0.1) is 0 Å². The van der Waals surface area contributed by atoms with Crippen molar-refractivity contribution in [1.29, 1.82) is 0 Å². The molecule has 0 aromatic rings. The summed E-state index contributed by atoms with van der Waals surface area (Å²) in [6, 6.07) is 0. The van der Waals surface area contributed by atoms with Gasteiger partial charge >= 0.3 is 17.9 Å². The van der Waals surface area contributed by atoms with E-state index in [1.807, 2.05) is 0 Å². The molecule has 0 amide bonds. The first-order valence-corrected chi connectivity index (χ1v) is 3.66. The van der Waals surface area contributed by atoms with Crippen LogP contribution in [0.25, 0.3) is 0 Å². The van der Waals surface area contributed by atoms with E-state index in [0.29, 0.717) is 0 Å². The van der Waals surface area contributed by atoms with Gasteiger partial charge in [0.15, 0.2) is 0 Å². The number of rotatable bonds is 2. The number of hydrogen-bond donors (Lipinski definition) is 1. The highest BCUT2D eigenvalue weighted by atomic mass is 17.2. The maximum Gasteiger partial charge on any atom is 0.393 e. The van der Waals surface area contributed by atoms with E-state index in [0.717, 1.165) is 6.92 Å². The van der Waals surface area contributed by atoms with E-state index in [2.05, 4.69) is 9.78 Å². The Morgan fingerprint density at radius 1 is 1.00 bits per heavy atom. The molecule has 0 aromatic carbocycles. The minimum absolute atomic E-state index is 0.259. The van der Waals surface area contributed by atoms with Crippen LogP contribution in [0.3, 0.4) is 0 Å². The van der Waals surface area contributed by atoms with Gasteiger partial charge in [0.1, 0.15) is 5.57 Å². The Hall–Kier alpha value is -1.85. The number of allylic oxidation sites excluding steroid dienone is 1. The molecule has 0 rings (SSSR count). The molecule has 0 heterocycles. The van der Waals surface area contributed by atoms with Crippen molar-refractivity contribution >= 4 is 17.9 Å². The fraction of sp³-hybridized carbons (Fsp3) is 0.375. The second-order valence-electron chi connectivity index (χ2n) is 2.63. The molecule has 0 aliphatic carbocycles. The predicted molar refractivity (Wildman–Crippen MR) is 43.9 cm³/mol. The highest BCUT2D eigenvalue weighted by molar-refractivity contribution is 6.13. The Morgan fingerprint density at radius 3 is 1.79 bits per heavy atom. The molecular formula is C8H10O6. The topological polar surface area (TPSA) is 89.9 Å². The largest absolute Gasteiger partial charge is 0.477 e. The van der Waals surface area contributed by atoms with E-state index < -0.39 is 23.5 Å². The molecule has 0 unspecified atom stereocenters. The highest BCUT2D eigenvalue weighted by Gasteiger charge is 2.22. The van der Waals surface area contributed by atoms with Crippen molar-refractivity contribution in [2.75, 3.05) is 0 Å². The van der Waals surface area contributed by atoms with Crippen molar-refractivity contribution < 1.29 is 29.3 Å². The van der Waals surface area contributed by atoms with E-state index in [4.69, 9.17) is 5.11 Å². The standard InChI is InChI=1S/C8H10O6/c1-4(2)6(7(10)11)8(12)14-13-5(3)9/h1-3H3,(H,10,11). The van der Waals surface area contributed by atoms with Gasteiger partial charge < -0.3 is 5.11 Å². The molecule has 0 bridgehead atoms. The lowest BCUT2D eigenvalue weighted by atomic mass is 10.1. The lowest BCUT2D eigenvalue weighted by molar-refractivity contribution is -0.254. The minimum atomic E-state index is -1.43. The number of carboxylic acids is 1. The van der Waals surface area contributed by atoms with Gasteiger partial charge in [0.25, 0.3) is 0 Å². The average Bonchev–Trinajstić information content (AvgIpc) is 1.99. The highest BCUT2D eigenvalue weighted by Crippen LogP contribution is 2.06. The van der Waals surface area contributed by atoms with Crippen molar-refractivity contribution in [3.8, 4) is 0 Å². The van der Waals surface area contributed by atoms with E-state index in [1.165, 1.54) is 13.8 Å². The molecule has 6 nitrogen and oxygen atoms in total.